The molecule has 0 spiro atoms. The van der Waals surface area contributed by atoms with Gasteiger partial charge in [0.25, 0.3) is 5.91 Å². The molecule has 0 saturated carbocycles. The fourth-order valence-corrected chi connectivity index (χ4v) is 2.34. The van der Waals surface area contributed by atoms with Crippen molar-refractivity contribution in [2.24, 2.45) is 0 Å². The summed E-state index contributed by atoms with van der Waals surface area (Å²) < 4.78 is 24.1. The van der Waals surface area contributed by atoms with Gasteiger partial charge in [0.05, 0.1) is 12.9 Å². The number of aliphatic hydroxyl groups is 1. The summed E-state index contributed by atoms with van der Waals surface area (Å²) in [6.07, 6.45) is 0.956. The normalized spacial score (nSPS) is 17.9. The quantitative estimate of drug-likeness (QED) is 0.897. The Morgan fingerprint density at radius 3 is 2.95 bits per heavy atom. The lowest BCUT2D eigenvalue weighted by Gasteiger charge is -2.17. The highest BCUT2D eigenvalue weighted by atomic mass is 19.1. The van der Waals surface area contributed by atoms with Gasteiger partial charge in [0.15, 0.2) is 17.7 Å². The Hall–Kier alpha value is -2.34. The first kappa shape index (κ1) is 13.6. The molecule has 0 radical (unpaired) electrons. The van der Waals surface area contributed by atoms with Crippen LogP contribution in [0, 0.1) is 5.82 Å². The number of nitrogens with one attached hydrogen (secondary N) is 1. The third-order valence-corrected chi connectivity index (χ3v) is 3.39. The monoisotopic (exact) mass is 291 g/mol. The minimum absolute atomic E-state index is 0.121. The van der Waals surface area contributed by atoms with Crippen molar-refractivity contribution in [3.8, 4) is 5.75 Å². The molecule has 6 heteroatoms. The van der Waals surface area contributed by atoms with E-state index >= 15 is 0 Å². The number of carbonyl (C=O) groups is 1. The SMILES string of the molecule is O=C(NC(CO)c1ccco1)C1Cc2cccc(F)c2O1. The summed E-state index contributed by atoms with van der Waals surface area (Å²) in [4.78, 5) is 12.2. The summed E-state index contributed by atoms with van der Waals surface area (Å²) in [5, 5.41) is 12.0. The molecule has 21 heavy (non-hydrogen) atoms. The van der Waals surface area contributed by atoms with Crippen molar-refractivity contribution in [1.29, 1.82) is 0 Å². The second-order valence-corrected chi connectivity index (χ2v) is 4.80. The summed E-state index contributed by atoms with van der Waals surface area (Å²) >= 11 is 0. The predicted octanol–water partition coefficient (Wildman–Crippen LogP) is 1.57. The van der Waals surface area contributed by atoms with Gasteiger partial charge in [0.2, 0.25) is 0 Å². The van der Waals surface area contributed by atoms with Crippen LogP contribution in [0.5, 0.6) is 5.75 Å². The van der Waals surface area contributed by atoms with E-state index in [-0.39, 0.29) is 12.4 Å². The first-order chi connectivity index (χ1) is 10.2. The number of para-hydroxylation sites is 1. The molecule has 1 aromatic heterocycles. The van der Waals surface area contributed by atoms with E-state index in [1.54, 1.807) is 24.3 Å². The number of ether oxygens (including phenoxy) is 1. The zero-order valence-corrected chi connectivity index (χ0v) is 11.1. The molecule has 1 aromatic carbocycles. The van der Waals surface area contributed by atoms with Gasteiger partial charge in [-0.2, -0.15) is 0 Å². The minimum Gasteiger partial charge on any atom is -0.477 e. The highest BCUT2D eigenvalue weighted by molar-refractivity contribution is 5.82. The van der Waals surface area contributed by atoms with Crippen molar-refractivity contribution >= 4 is 5.91 Å². The topological polar surface area (TPSA) is 71.7 Å². The first-order valence-corrected chi connectivity index (χ1v) is 6.57. The molecule has 0 aliphatic carbocycles. The fraction of sp³-hybridized carbons (Fsp3) is 0.267. The predicted molar refractivity (Wildman–Crippen MR) is 71.2 cm³/mol. The van der Waals surface area contributed by atoms with E-state index < -0.39 is 23.9 Å². The van der Waals surface area contributed by atoms with E-state index in [2.05, 4.69) is 5.32 Å². The lowest BCUT2D eigenvalue weighted by atomic mass is 10.1. The second-order valence-electron chi connectivity index (χ2n) is 4.80. The van der Waals surface area contributed by atoms with Gasteiger partial charge in [-0.3, -0.25) is 4.79 Å². The molecule has 1 aliphatic rings. The second kappa shape index (κ2) is 5.57. The van der Waals surface area contributed by atoms with Crippen LogP contribution in [-0.2, 0) is 11.2 Å². The lowest BCUT2D eigenvalue weighted by Crippen LogP contribution is -2.40. The minimum atomic E-state index is -0.805. The molecule has 0 fully saturated rings. The van der Waals surface area contributed by atoms with Crippen molar-refractivity contribution in [3.05, 3.63) is 53.7 Å². The highest BCUT2D eigenvalue weighted by Crippen LogP contribution is 2.31. The smallest absolute Gasteiger partial charge is 0.262 e. The summed E-state index contributed by atoms with van der Waals surface area (Å²) in [5.74, 6) is -0.322. The van der Waals surface area contributed by atoms with Gasteiger partial charge >= 0.3 is 0 Å². The average Bonchev–Trinajstić information content (AvgIpc) is 3.14. The van der Waals surface area contributed by atoms with Crippen molar-refractivity contribution in [1.82, 2.24) is 5.32 Å². The van der Waals surface area contributed by atoms with Crippen molar-refractivity contribution in [2.75, 3.05) is 6.61 Å². The number of rotatable bonds is 4. The molecule has 0 bridgehead atoms. The van der Waals surface area contributed by atoms with Gasteiger partial charge in [-0.05, 0) is 18.2 Å². The number of aliphatic hydroxyl groups excluding tert-OH is 1. The van der Waals surface area contributed by atoms with Gasteiger partial charge in [0.1, 0.15) is 11.8 Å². The molecular weight excluding hydrogens is 277 g/mol. The zero-order valence-electron chi connectivity index (χ0n) is 11.1. The number of hydrogen-bond donors (Lipinski definition) is 2. The van der Waals surface area contributed by atoms with Crippen LogP contribution in [0.3, 0.4) is 0 Å². The van der Waals surface area contributed by atoms with Crippen LogP contribution in [0.25, 0.3) is 0 Å². The molecule has 3 rings (SSSR count). The van der Waals surface area contributed by atoms with Crippen LogP contribution >= 0.6 is 0 Å². The standard InChI is InChI=1S/C15H14FNO4/c16-10-4-1-3-9-7-13(21-14(9)10)15(19)17-11(8-18)12-5-2-6-20-12/h1-6,11,13,18H,7-8H2,(H,17,19). The fourth-order valence-electron chi connectivity index (χ4n) is 2.34. The molecular formula is C15H14FNO4. The van der Waals surface area contributed by atoms with E-state index in [9.17, 15) is 14.3 Å². The number of carbonyl (C=O) groups excluding carboxylic acids is 1. The Balaban J connectivity index is 1.69. The lowest BCUT2D eigenvalue weighted by molar-refractivity contribution is -0.128. The molecule has 1 aliphatic heterocycles. The first-order valence-electron chi connectivity index (χ1n) is 6.57. The Kier molecular flexibility index (Phi) is 3.62. The number of fused-ring (bicyclic) bond motifs is 1. The van der Waals surface area contributed by atoms with E-state index in [1.165, 1.54) is 12.3 Å². The third kappa shape index (κ3) is 2.62. The summed E-state index contributed by atoms with van der Waals surface area (Å²) in [6.45, 7) is -0.298. The molecule has 2 unspecified atom stereocenters. The van der Waals surface area contributed by atoms with Crippen LogP contribution in [0.2, 0.25) is 0 Å². The van der Waals surface area contributed by atoms with Crippen LogP contribution in [0.15, 0.2) is 41.0 Å². The van der Waals surface area contributed by atoms with Crippen molar-refractivity contribution in [3.63, 3.8) is 0 Å². The van der Waals surface area contributed by atoms with E-state index in [0.717, 1.165) is 0 Å². The van der Waals surface area contributed by atoms with Crippen LogP contribution < -0.4 is 10.1 Å². The van der Waals surface area contributed by atoms with Gasteiger partial charge in [-0.15, -0.1) is 0 Å². The number of hydrogen-bond acceptors (Lipinski definition) is 4. The van der Waals surface area contributed by atoms with Gasteiger partial charge in [0, 0.05) is 12.0 Å². The summed E-state index contributed by atoms with van der Waals surface area (Å²) in [7, 11) is 0. The maximum Gasteiger partial charge on any atom is 0.262 e. The molecule has 2 heterocycles. The molecule has 2 N–H and O–H groups in total. The molecule has 2 aromatic rings. The molecule has 2 atom stereocenters. The molecule has 0 saturated heterocycles. The highest BCUT2D eigenvalue weighted by Gasteiger charge is 2.32. The number of halogens is 1. The van der Waals surface area contributed by atoms with Crippen molar-refractivity contribution in [2.45, 2.75) is 18.6 Å². The van der Waals surface area contributed by atoms with Crippen LogP contribution in [-0.4, -0.2) is 23.7 Å². The van der Waals surface area contributed by atoms with Gasteiger partial charge in [-0.25, -0.2) is 4.39 Å². The largest absolute Gasteiger partial charge is 0.477 e. The maximum atomic E-state index is 13.6. The Morgan fingerprint density at radius 1 is 1.43 bits per heavy atom. The van der Waals surface area contributed by atoms with E-state index in [4.69, 9.17) is 9.15 Å². The van der Waals surface area contributed by atoms with Gasteiger partial charge < -0.3 is 19.6 Å². The number of benzene rings is 1. The molecule has 1 amide bonds. The third-order valence-electron chi connectivity index (χ3n) is 3.39. The van der Waals surface area contributed by atoms with E-state index in [0.29, 0.717) is 17.7 Å². The Morgan fingerprint density at radius 2 is 2.29 bits per heavy atom. The number of furan rings is 1. The number of amides is 1. The van der Waals surface area contributed by atoms with Crippen molar-refractivity contribution < 1.29 is 23.4 Å². The Bertz CT molecular complexity index is 641. The molecule has 5 nitrogen and oxygen atoms in total. The Labute approximate surface area is 120 Å². The van der Waals surface area contributed by atoms with E-state index in [1.807, 2.05) is 0 Å². The van der Waals surface area contributed by atoms with Gasteiger partial charge in [-0.1, -0.05) is 12.1 Å². The zero-order chi connectivity index (χ0) is 14.8. The maximum absolute atomic E-state index is 13.6. The molecule has 110 valence electrons. The average molecular weight is 291 g/mol. The summed E-state index contributed by atoms with van der Waals surface area (Å²) in [5.41, 5.74) is 0.661. The van der Waals surface area contributed by atoms with Crippen LogP contribution in [0.1, 0.15) is 17.4 Å². The summed E-state index contributed by atoms with van der Waals surface area (Å²) in [6, 6.07) is 7.27. The van der Waals surface area contributed by atoms with Crippen LogP contribution in [0.4, 0.5) is 4.39 Å².